The number of nitrogens with zero attached hydrogens (tertiary/aromatic N) is 2. The minimum atomic E-state index is -4.17. The minimum Gasteiger partial charge on any atom is -0.350 e. The molecule has 214 valence electrons. The number of hydrogen-bond donors (Lipinski definition) is 1. The Balaban J connectivity index is 2.10. The summed E-state index contributed by atoms with van der Waals surface area (Å²) in [4.78, 5) is 28.9. The molecular weight excluding hydrogens is 569 g/mol. The summed E-state index contributed by atoms with van der Waals surface area (Å²) in [6, 6.07) is 18.9. The smallest absolute Gasteiger partial charge is 0.264 e. The fourth-order valence-electron chi connectivity index (χ4n) is 4.17. The summed E-state index contributed by atoms with van der Waals surface area (Å²) in [6.45, 7) is 8.63. The second-order valence-corrected chi connectivity index (χ2v) is 13.2. The first kappa shape index (κ1) is 31.5. The lowest BCUT2D eigenvalue weighted by Crippen LogP contribution is -2.55. The molecule has 3 aromatic carbocycles. The summed E-state index contributed by atoms with van der Waals surface area (Å²) in [6.07, 6.45) is 0.305. The van der Waals surface area contributed by atoms with Crippen LogP contribution < -0.4 is 9.62 Å². The third-order valence-corrected chi connectivity index (χ3v) is 8.80. The van der Waals surface area contributed by atoms with Gasteiger partial charge in [-0.15, -0.1) is 0 Å². The number of amides is 2. The number of nitrogens with one attached hydrogen (secondary N) is 1. The highest BCUT2D eigenvalue weighted by Crippen LogP contribution is 2.29. The molecule has 0 heterocycles. The summed E-state index contributed by atoms with van der Waals surface area (Å²) in [5.41, 5.74) is 1.09. The second-order valence-electron chi connectivity index (χ2n) is 10.5. The van der Waals surface area contributed by atoms with Crippen LogP contribution in [0.3, 0.4) is 0 Å². The van der Waals surface area contributed by atoms with Crippen molar-refractivity contribution in [3.05, 3.63) is 94.0 Å². The van der Waals surface area contributed by atoms with Crippen molar-refractivity contribution in [1.29, 1.82) is 0 Å². The van der Waals surface area contributed by atoms with E-state index in [2.05, 4.69) is 5.32 Å². The van der Waals surface area contributed by atoms with Gasteiger partial charge in [-0.3, -0.25) is 13.9 Å². The van der Waals surface area contributed by atoms with Crippen LogP contribution in [-0.4, -0.2) is 43.3 Å². The zero-order valence-corrected chi connectivity index (χ0v) is 25.6. The van der Waals surface area contributed by atoms with Gasteiger partial charge in [0.15, 0.2) is 0 Å². The maximum absolute atomic E-state index is 14.1. The Morgan fingerprint density at radius 2 is 1.55 bits per heavy atom. The largest absolute Gasteiger partial charge is 0.350 e. The Morgan fingerprint density at radius 3 is 2.12 bits per heavy atom. The van der Waals surface area contributed by atoms with Crippen molar-refractivity contribution in [3.8, 4) is 0 Å². The lowest BCUT2D eigenvalue weighted by molar-refractivity contribution is -0.141. The van der Waals surface area contributed by atoms with Gasteiger partial charge in [-0.2, -0.15) is 0 Å². The molecule has 0 aromatic heterocycles. The first-order valence-electron chi connectivity index (χ1n) is 12.9. The predicted molar refractivity (Wildman–Crippen MR) is 161 cm³/mol. The van der Waals surface area contributed by atoms with E-state index in [0.29, 0.717) is 22.0 Å². The van der Waals surface area contributed by atoms with Gasteiger partial charge in [-0.05, 0) is 75.6 Å². The van der Waals surface area contributed by atoms with Crippen molar-refractivity contribution in [2.75, 3.05) is 10.8 Å². The topological polar surface area (TPSA) is 86.8 Å². The molecule has 7 nitrogen and oxygen atoms in total. The van der Waals surface area contributed by atoms with Crippen LogP contribution >= 0.6 is 23.2 Å². The standard InChI is InChI=1S/C30H35Cl2N3O4S/c1-6-27(29(37)33-30(3,4)5)34(19-22-12-10-11-15-25(22)31)28(36)20-35(23-17-16-21(2)26(32)18-23)40(38,39)24-13-8-7-9-14-24/h7-18,27H,6,19-20H2,1-5H3,(H,33,37)/t27-/m1/s1. The average Bonchev–Trinajstić information content (AvgIpc) is 2.89. The third kappa shape index (κ3) is 7.77. The first-order chi connectivity index (χ1) is 18.7. The quantitative estimate of drug-likeness (QED) is 0.298. The zero-order chi connectivity index (χ0) is 29.7. The second kappa shape index (κ2) is 13.1. The number of hydrogen-bond acceptors (Lipinski definition) is 4. The van der Waals surface area contributed by atoms with Gasteiger partial charge in [0.05, 0.1) is 10.6 Å². The van der Waals surface area contributed by atoms with E-state index in [1.165, 1.54) is 23.1 Å². The fraction of sp³-hybridized carbons (Fsp3) is 0.333. The van der Waals surface area contributed by atoms with Crippen LogP contribution in [0.15, 0.2) is 77.7 Å². The van der Waals surface area contributed by atoms with Crippen molar-refractivity contribution in [1.82, 2.24) is 10.2 Å². The van der Waals surface area contributed by atoms with Crippen molar-refractivity contribution in [2.45, 2.75) is 64.1 Å². The Kier molecular flexibility index (Phi) is 10.3. The van der Waals surface area contributed by atoms with Crippen LogP contribution in [0, 0.1) is 6.92 Å². The van der Waals surface area contributed by atoms with E-state index in [0.717, 1.165) is 9.87 Å². The fourth-order valence-corrected chi connectivity index (χ4v) is 5.97. The molecular formula is C30H35Cl2N3O4S. The molecule has 0 saturated carbocycles. The molecule has 0 spiro atoms. The van der Waals surface area contributed by atoms with Gasteiger partial charge in [0.25, 0.3) is 10.0 Å². The van der Waals surface area contributed by atoms with E-state index >= 15 is 0 Å². The van der Waals surface area contributed by atoms with Crippen LogP contribution in [0.4, 0.5) is 5.69 Å². The van der Waals surface area contributed by atoms with Gasteiger partial charge in [0, 0.05) is 22.1 Å². The number of carbonyl (C=O) groups is 2. The van der Waals surface area contributed by atoms with Gasteiger partial charge in [0.1, 0.15) is 12.6 Å². The van der Waals surface area contributed by atoms with Gasteiger partial charge in [-0.1, -0.05) is 72.6 Å². The van der Waals surface area contributed by atoms with Gasteiger partial charge < -0.3 is 10.2 Å². The highest BCUT2D eigenvalue weighted by Gasteiger charge is 2.35. The molecule has 40 heavy (non-hydrogen) atoms. The normalized spacial score (nSPS) is 12.5. The van der Waals surface area contributed by atoms with E-state index in [1.54, 1.807) is 68.4 Å². The lowest BCUT2D eigenvalue weighted by atomic mass is 10.1. The molecule has 0 unspecified atom stereocenters. The van der Waals surface area contributed by atoms with Crippen LogP contribution in [-0.2, 0) is 26.2 Å². The van der Waals surface area contributed by atoms with Gasteiger partial charge >= 0.3 is 0 Å². The van der Waals surface area contributed by atoms with Crippen molar-refractivity contribution in [3.63, 3.8) is 0 Å². The number of carbonyl (C=O) groups excluding carboxylic acids is 2. The highest BCUT2D eigenvalue weighted by molar-refractivity contribution is 7.92. The third-order valence-electron chi connectivity index (χ3n) is 6.24. The molecule has 3 rings (SSSR count). The summed E-state index contributed by atoms with van der Waals surface area (Å²) < 4.78 is 28.8. The van der Waals surface area contributed by atoms with E-state index < -0.39 is 34.1 Å². The Morgan fingerprint density at radius 1 is 0.925 bits per heavy atom. The molecule has 0 saturated heterocycles. The van der Waals surface area contributed by atoms with Crippen LogP contribution in [0.5, 0.6) is 0 Å². The Hall–Kier alpha value is -3.07. The number of aryl methyl sites for hydroxylation is 1. The molecule has 1 N–H and O–H groups in total. The molecule has 0 aliphatic carbocycles. The molecule has 2 amide bonds. The van der Waals surface area contributed by atoms with Crippen molar-refractivity contribution < 1.29 is 18.0 Å². The van der Waals surface area contributed by atoms with Crippen LogP contribution in [0.1, 0.15) is 45.2 Å². The van der Waals surface area contributed by atoms with E-state index in [1.807, 2.05) is 20.8 Å². The number of benzene rings is 3. The molecule has 3 aromatic rings. The monoisotopic (exact) mass is 603 g/mol. The van der Waals surface area contributed by atoms with Gasteiger partial charge in [0.2, 0.25) is 11.8 Å². The zero-order valence-electron chi connectivity index (χ0n) is 23.3. The summed E-state index contributed by atoms with van der Waals surface area (Å²) in [5.74, 6) is -0.904. The lowest BCUT2D eigenvalue weighted by Gasteiger charge is -2.35. The molecule has 1 atom stereocenters. The number of anilines is 1. The molecule has 0 aliphatic rings. The van der Waals surface area contributed by atoms with E-state index in [4.69, 9.17) is 23.2 Å². The van der Waals surface area contributed by atoms with E-state index in [9.17, 15) is 18.0 Å². The van der Waals surface area contributed by atoms with Crippen molar-refractivity contribution in [2.24, 2.45) is 0 Å². The maximum Gasteiger partial charge on any atom is 0.264 e. The summed E-state index contributed by atoms with van der Waals surface area (Å²) in [5, 5.41) is 3.74. The van der Waals surface area contributed by atoms with Crippen molar-refractivity contribution >= 4 is 50.7 Å². The number of sulfonamides is 1. The summed E-state index contributed by atoms with van der Waals surface area (Å²) >= 11 is 12.8. The number of rotatable bonds is 10. The number of halogens is 2. The average molecular weight is 605 g/mol. The Bertz CT molecular complexity index is 1460. The van der Waals surface area contributed by atoms with Crippen LogP contribution in [0.2, 0.25) is 10.0 Å². The van der Waals surface area contributed by atoms with Crippen LogP contribution in [0.25, 0.3) is 0 Å². The SMILES string of the molecule is CC[C@H](C(=O)NC(C)(C)C)N(Cc1ccccc1Cl)C(=O)CN(c1ccc(C)c(Cl)c1)S(=O)(=O)c1ccccc1. The molecule has 0 bridgehead atoms. The Labute approximate surface area is 247 Å². The first-order valence-corrected chi connectivity index (χ1v) is 15.1. The molecule has 0 radical (unpaired) electrons. The minimum absolute atomic E-state index is 0.0163. The highest BCUT2D eigenvalue weighted by atomic mass is 35.5. The van der Waals surface area contributed by atoms with Gasteiger partial charge in [-0.25, -0.2) is 8.42 Å². The molecule has 0 fully saturated rings. The maximum atomic E-state index is 14.1. The summed E-state index contributed by atoms with van der Waals surface area (Å²) in [7, 11) is -4.17. The molecule has 0 aliphatic heterocycles. The predicted octanol–water partition coefficient (Wildman–Crippen LogP) is 6.22. The molecule has 10 heteroatoms. The van der Waals surface area contributed by atoms with E-state index in [-0.39, 0.29) is 23.0 Å².